The number of ether oxygens (including phenoxy) is 2. The van der Waals surface area contributed by atoms with Gasteiger partial charge in [-0.1, -0.05) is 12.1 Å². The fourth-order valence-electron chi connectivity index (χ4n) is 4.28. The average Bonchev–Trinajstić information content (AvgIpc) is 3.08. The molecule has 0 spiro atoms. The summed E-state index contributed by atoms with van der Waals surface area (Å²) < 4.78 is 10.6. The summed E-state index contributed by atoms with van der Waals surface area (Å²) in [4.78, 5) is 30.0. The molecule has 0 atom stereocenters. The lowest BCUT2D eigenvalue weighted by atomic mass is 10.0. The van der Waals surface area contributed by atoms with E-state index < -0.39 is 0 Å². The zero-order valence-corrected chi connectivity index (χ0v) is 19.3. The predicted molar refractivity (Wildman–Crippen MR) is 129 cm³/mol. The molecule has 0 radical (unpaired) electrons. The Kier molecular flexibility index (Phi) is 7.29. The molecule has 2 aliphatic rings. The lowest BCUT2D eigenvalue weighted by Crippen LogP contribution is -2.35. The second kappa shape index (κ2) is 10.5. The van der Waals surface area contributed by atoms with E-state index in [4.69, 9.17) is 9.47 Å². The molecule has 0 saturated carbocycles. The Morgan fingerprint density at radius 3 is 2.24 bits per heavy atom. The normalized spacial score (nSPS) is 16.5. The standard InChI is InChI=1S/C26H31N3O4/c1-3-33-22-13-7-19(8-14-22)23-24(26(31)29(25(23)30)17-18-32-2)27-20-9-11-21(12-10-20)28-15-5-4-6-16-28/h7-14,27H,3-6,15-18H2,1-2H3. The highest BCUT2D eigenvalue weighted by atomic mass is 16.5. The lowest BCUT2D eigenvalue weighted by Gasteiger charge is -2.28. The second-order valence-electron chi connectivity index (χ2n) is 8.18. The van der Waals surface area contributed by atoms with Gasteiger partial charge < -0.3 is 19.7 Å². The third kappa shape index (κ3) is 5.03. The Morgan fingerprint density at radius 1 is 0.909 bits per heavy atom. The number of piperidine rings is 1. The fourth-order valence-corrected chi connectivity index (χ4v) is 4.28. The maximum atomic E-state index is 13.2. The Labute approximate surface area is 195 Å². The minimum absolute atomic E-state index is 0.202. The van der Waals surface area contributed by atoms with Gasteiger partial charge in [0.25, 0.3) is 11.8 Å². The van der Waals surface area contributed by atoms with E-state index >= 15 is 0 Å². The van der Waals surface area contributed by atoms with Crippen molar-refractivity contribution < 1.29 is 19.1 Å². The molecule has 7 heteroatoms. The molecule has 7 nitrogen and oxygen atoms in total. The van der Waals surface area contributed by atoms with Crippen LogP contribution in [-0.4, -0.2) is 56.7 Å². The van der Waals surface area contributed by atoms with Gasteiger partial charge in [0.15, 0.2) is 0 Å². The van der Waals surface area contributed by atoms with E-state index in [2.05, 4.69) is 22.3 Å². The number of hydrogen-bond donors (Lipinski definition) is 1. The number of rotatable bonds is 9. The number of carbonyl (C=O) groups excluding carboxylic acids is 2. The molecule has 2 heterocycles. The van der Waals surface area contributed by atoms with Gasteiger partial charge in [0.2, 0.25) is 0 Å². The van der Waals surface area contributed by atoms with Crippen LogP contribution in [0.15, 0.2) is 54.2 Å². The first-order valence-electron chi connectivity index (χ1n) is 11.6. The van der Waals surface area contributed by atoms with E-state index in [1.54, 1.807) is 7.11 Å². The molecule has 2 aliphatic heterocycles. The molecule has 0 bridgehead atoms. The summed E-state index contributed by atoms with van der Waals surface area (Å²) in [6.45, 7) is 5.11. The topological polar surface area (TPSA) is 71.1 Å². The van der Waals surface area contributed by atoms with Gasteiger partial charge in [-0.05, 0) is 68.1 Å². The third-order valence-corrected chi connectivity index (χ3v) is 6.00. The molecule has 0 aromatic heterocycles. The van der Waals surface area contributed by atoms with Crippen molar-refractivity contribution in [1.82, 2.24) is 4.90 Å². The number of carbonyl (C=O) groups is 2. The van der Waals surface area contributed by atoms with Gasteiger partial charge >= 0.3 is 0 Å². The zero-order chi connectivity index (χ0) is 23.2. The van der Waals surface area contributed by atoms with Crippen molar-refractivity contribution in [2.75, 3.05) is 50.2 Å². The minimum atomic E-state index is -0.346. The SMILES string of the molecule is CCOc1ccc(C2=C(Nc3ccc(N4CCCCC4)cc3)C(=O)N(CCOC)C2=O)cc1. The van der Waals surface area contributed by atoms with Gasteiger partial charge in [0.1, 0.15) is 11.4 Å². The van der Waals surface area contributed by atoms with Crippen LogP contribution in [0.1, 0.15) is 31.7 Å². The maximum Gasteiger partial charge on any atom is 0.278 e. The number of hydrogen-bond acceptors (Lipinski definition) is 6. The largest absolute Gasteiger partial charge is 0.494 e. The van der Waals surface area contributed by atoms with Crippen molar-refractivity contribution in [3.05, 3.63) is 59.8 Å². The molecule has 2 aromatic rings. The number of anilines is 2. The number of benzene rings is 2. The molecule has 0 aliphatic carbocycles. The fraction of sp³-hybridized carbons (Fsp3) is 0.385. The van der Waals surface area contributed by atoms with Gasteiger partial charge in [-0.3, -0.25) is 14.5 Å². The highest BCUT2D eigenvalue weighted by Gasteiger charge is 2.39. The third-order valence-electron chi connectivity index (χ3n) is 6.00. The zero-order valence-electron chi connectivity index (χ0n) is 19.3. The maximum absolute atomic E-state index is 13.2. The monoisotopic (exact) mass is 449 g/mol. The highest BCUT2D eigenvalue weighted by molar-refractivity contribution is 6.36. The van der Waals surface area contributed by atoms with Crippen LogP contribution in [0.25, 0.3) is 5.57 Å². The molecular weight excluding hydrogens is 418 g/mol. The summed E-state index contributed by atoms with van der Waals surface area (Å²) in [7, 11) is 1.55. The summed E-state index contributed by atoms with van der Waals surface area (Å²) in [5, 5.41) is 3.22. The molecule has 1 N–H and O–H groups in total. The number of nitrogens with one attached hydrogen (secondary N) is 1. The van der Waals surface area contributed by atoms with Crippen molar-refractivity contribution in [3.8, 4) is 5.75 Å². The average molecular weight is 450 g/mol. The number of imide groups is 1. The van der Waals surface area contributed by atoms with Crippen LogP contribution in [0.3, 0.4) is 0 Å². The molecule has 174 valence electrons. The smallest absolute Gasteiger partial charge is 0.278 e. The van der Waals surface area contributed by atoms with E-state index in [0.717, 1.165) is 24.5 Å². The molecule has 1 fully saturated rings. The molecule has 1 saturated heterocycles. The summed E-state index contributed by atoms with van der Waals surface area (Å²) in [5.74, 6) is 0.0485. The number of nitrogens with zero attached hydrogens (tertiary/aromatic N) is 2. The Hall–Kier alpha value is -3.32. The Bertz CT molecular complexity index is 1010. The molecule has 0 unspecified atom stereocenters. The van der Waals surface area contributed by atoms with Crippen molar-refractivity contribution in [2.24, 2.45) is 0 Å². The summed E-state index contributed by atoms with van der Waals surface area (Å²) >= 11 is 0. The molecule has 2 aromatic carbocycles. The quantitative estimate of drug-likeness (QED) is 0.586. The Balaban J connectivity index is 1.62. The van der Waals surface area contributed by atoms with E-state index in [-0.39, 0.29) is 30.7 Å². The van der Waals surface area contributed by atoms with Gasteiger partial charge in [0, 0.05) is 31.6 Å². The number of methoxy groups -OCH3 is 1. The first-order chi connectivity index (χ1) is 16.1. The van der Waals surface area contributed by atoms with Crippen molar-refractivity contribution in [1.29, 1.82) is 0 Å². The highest BCUT2D eigenvalue weighted by Crippen LogP contribution is 2.32. The first kappa shape index (κ1) is 22.9. The van der Waals surface area contributed by atoms with Gasteiger partial charge in [0.05, 0.1) is 25.3 Å². The number of amides is 2. The van der Waals surface area contributed by atoms with Gasteiger partial charge in [-0.15, -0.1) is 0 Å². The van der Waals surface area contributed by atoms with Crippen LogP contribution in [0.2, 0.25) is 0 Å². The minimum Gasteiger partial charge on any atom is -0.494 e. The lowest BCUT2D eigenvalue weighted by molar-refractivity contribution is -0.137. The van der Waals surface area contributed by atoms with Crippen molar-refractivity contribution >= 4 is 28.8 Å². The molecule has 33 heavy (non-hydrogen) atoms. The Morgan fingerprint density at radius 2 is 1.61 bits per heavy atom. The van der Waals surface area contributed by atoms with E-state index in [1.807, 2.05) is 43.3 Å². The van der Waals surface area contributed by atoms with Crippen LogP contribution in [0.4, 0.5) is 11.4 Å². The van der Waals surface area contributed by atoms with Crippen molar-refractivity contribution in [3.63, 3.8) is 0 Å². The summed E-state index contributed by atoms with van der Waals surface area (Å²) in [6.07, 6.45) is 3.72. The van der Waals surface area contributed by atoms with Crippen molar-refractivity contribution in [2.45, 2.75) is 26.2 Å². The van der Waals surface area contributed by atoms with E-state index in [1.165, 1.54) is 29.8 Å². The molecular formula is C26H31N3O4. The van der Waals surface area contributed by atoms with Crippen LogP contribution < -0.4 is 15.0 Å². The van der Waals surface area contributed by atoms with E-state index in [9.17, 15) is 9.59 Å². The van der Waals surface area contributed by atoms with Crippen LogP contribution in [-0.2, 0) is 14.3 Å². The van der Waals surface area contributed by atoms with Crippen LogP contribution in [0.5, 0.6) is 5.75 Å². The predicted octanol–water partition coefficient (Wildman–Crippen LogP) is 3.91. The molecule has 4 rings (SSSR count). The van der Waals surface area contributed by atoms with Gasteiger partial charge in [-0.2, -0.15) is 0 Å². The second-order valence-corrected chi connectivity index (χ2v) is 8.18. The molecule has 2 amide bonds. The van der Waals surface area contributed by atoms with Gasteiger partial charge in [-0.25, -0.2) is 0 Å². The first-order valence-corrected chi connectivity index (χ1v) is 11.6. The summed E-state index contributed by atoms with van der Waals surface area (Å²) in [5.41, 5.74) is 3.26. The van der Waals surface area contributed by atoms with Crippen LogP contribution >= 0.6 is 0 Å². The summed E-state index contributed by atoms with van der Waals surface area (Å²) in [6, 6.07) is 15.3. The van der Waals surface area contributed by atoms with Crippen LogP contribution in [0, 0.1) is 0 Å². The van der Waals surface area contributed by atoms with E-state index in [0.29, 0.717) is 17.7 Å².